The fourth-order valence-corrected chi connectivity index (χ4v) is 2.35. The molecule has 0 saturated carbocycles. The molecule has 1 aliphatic heterocycles. The number of likely N-dealkylation sites (tertiary alicyclic amines) is 1. The number of carbonyl (C=O) groups is 1. The van der Waals surface area contributed by atoms with Gasteiger partial charge in [-0.2, -0.15) is 0 Å². The quantitative estimate of drug-likeness (QED) is 0.619. The predicted octanol–water partition coefficient (Wildman–Crippen LogP) is 1.08. The van der Waals surface area contributed by atoms with Gasteiger partial charge in [0.1, 0.15) is 0 Å². The minimum absolute atomic E-state index is 0.0298. The minimum atomic E-state index is 0.0298. The van der Waals surface area contributed by atoms with Crippen molar-refractivity contribution in [2.45, 2.75) is 6.42 Å². The lowest BCUT2D eigenvalue weighted by Gasteiger charge is -2.18. The van der Waals surface area contributed by atoms with Crippen LogP contribution < -0.4 is 11.3 Å². The van der Waals surface area contributed by atoms with E-state index in [0.29, 0.717) is 23.8 Å². The molecule has 0 aromatic heterocycles. The maximum absolute atomic E-state index is 12.4. The fourth-order valence-electron chi connectivity index (χ4n) is 2.35. The summed E-state index contributed by atoms with van der Waals surface area (Å²) >= 11 is 0. The Bertz CT molecular complexity index is 422. The van der Waals surface area contributed by atoms with Crippen LogP contribution in [0.3, 0.4) is 0 Å². The second kappa shape index (κ2) is 5.84. The van der Waals surface area contributed by atoms with Crippen molar-refractivity contribution in [3.05, 3.63) is 29.8 Å². The topological polar surface area (TPSA) is 67.6 Å². The van der Waals surface area contributed by atoms with Crippen molar-refractivity contribution in [1.82, 2.24) is 4.90 Å². The summed E-state index contributed by atoms with van der Waals surface area (Å²) in [5.74, 6) is 5.89. The standard InChI is InChI=1S/C13H19N3O2/c1-18-9-10-6-7-16(8-10)13(17)11-4-2-3-5-12(11)15-14/h2-5,10,15H,6-9,14H2,1H3. The first kappa shape index (κ1) is 12.9. The number of benzene rings is 1. The van der Waals surface area contributed by atoms with Crippen LogP contribution >= 0.6 is 0 Å². The van der Waals surface area contributed by atoms with Crippen LogP contribution in [-0.2, 0) is 4.74 Å². The number of para-hydroxylation sites is 1. The van der Waals surface area contributed by atoms with E-state index in [1.807, 2.05) is 17.0 Å². The normalized spacial score (nSPS) is 19.0. The van der Waals surface area contributed by atoms with Crippen LogP contribution in [0.4, 0.5) is 5.69 Å². The molecule has 1 unspecified atom stereocenters. The highest BCUT2D eigenvalue weighted by Crippen LogP contribution is 2.22. The van der Waals surface area contributed by atoms with Gasteiger partial charge < -0.3 is 15.1 Å². The van der Waals surface area contributed by atoms with Crippen molar-refractivity contribution in [2.75, 3.05) is 32.2 Å². The summed E-state index contributed by atoms with van der Waals surface area (Å²) in [6.07, 6.45) is 0.998. The van der Waals surface area contributed by atoms with Crippen LogP contribution in [-0.4, -0.2) is 37.6 Å². The maximum Gasteiger partial charge on any atom is 0.256 e. The first-order valence-corrected chi connectivity index (χ1v) is 6.10. The minimum Gasteiger partial charge on any atom is -0.384 e. The van der Waals surface area contributed by atoms with Crippen LogP contribution in [0.15, 0.2) is 24.3 Å². The van der Waals surface area contributed by atoms with E-state index in [2.05, 4.69) is 5.43 Å². The summed E-state index contributed by atoms with van der Waals surface area (Å²) in [4.78, 5) is 14.2. The molecule has 1 amide bonds. The van der Waals surface area contributed by atoms with Gasteiger partial charge in [-0.3, -0.25) is 10.6 Å². The molecule has 0 spiro atoms. The van der Waals surface area contributed by atoms with Gasteiger partial charge in [-0.1, -0.05) is 12.1 Å². The van der Waals surface area contributed by atoms with Crippen molar-refractivity contribution in [3.63, 3.8) is 0 Å². The third-order valence-electron chi connectivity index (χ3n) is 3.29. The van der Waals surface area contributed by atoms with Crippen LogP contribution in [0.2, 0.25) is 0 Å². The summed E-state index contributed by atoms with van der Waals surface area (Å²) in [5.41, 5.74) is 3.85. The molecule has 1 aliphatic rings. The van der Waals surface area contributed by atoms with E-state index in [4.69, 9.17) is 10.6 Å². The van der Waals surface area contributed by atoms with E-state index in [9.17, 15) is 4.79 Å². The summed E-state index contributed by atoms with van der Waals surface area (Å²) < 4.78 is 5.13. The molecule has 98 valence electrons. The highest BCUT2D eigenvalue weighted by Gasteiger charge is 2.27. The van der Waals surface area contributed by atoms with E-state index < -0.39 is 0 Å². The smallest absolute Gasteiger partial charge is 0.256 e. The second-order valence-corrected chi connectivity index (χ2v) is 4.55. The van der Waals surface area contributed by atoms with E-state index in [1.54, 1.807) is 19.2 Å². The van der Waals surface area contributed by atoms with Crippen LogP contribution in [0.5, 0.6) is 0 Å². The number of methoxy groups -OCH3 is 1. The number of nitrogens with one attached hydrogen (secondary N) is 1. The lowest BCUT2D eigenvalue weighted by atomic mass is 10.1. The third kappa shape index (κ3) is 2.63. The molecule has 1 heterocycles. The van der Waals surface area contributed by atoms with Gasteiger partial charge in [-0.15, -0.1) is 0 Å². The third-order valence-corrected chi connectivity index (χ3v) is 3.29. The average Bonchev–Trinajstić information content (AvgIpc) is 2.87. The number of nitrogens with zero attached hydrogens (tertiary/aromatic N) is 1. The van der Waals surface area contributed by atoms with Crippen molar-refractivity contribution in [2.24, 2.45) is 11.8 Å². The molecule has 0 radical (unpaired) electrons. The molecule has 1 atom stereocenters. The summed E-state index contributed by atoms with van der Waals surface area (Å²) in [6, 6.07) is 7.29. The molecule has 1 aromatic rings. The molecule has 0 aliphatic carbocycles. The zero-order chi connectivity index (χ0) is 13.0. The number of hydrogen-bond donors (Lipinski definition) is 2. The Hall–Kier alpha value is -1.59. The molecular weight excluding hydrogens is 230 g/mol. The summed E-state index contributed by atoms with van der Waals surface area (Å²) in [5, 5.41) is 0. The first-order valence-electron chi connectivity index (χ1n) is 6.10. The number of anilines is 1. The Morgan fingerprint density at radius 3 is 3.06 bits per heavy atom. The Kier molecular flexibility index (Phi) is 4.17. The monoisotopic (exact) mass is 249 g/mol. The number of nitrogens with two attached hydrogens (primary N) is 1. The largest absolute Gasteiger partial charge is 0.384 e. The second-order valence-electron chi connectivity index (χ2n) is 4.55. The lowest BCUT2D eigenvalue weighted by Crippen LogP contribution is -2.30. The van der Waals surface area contributed by atoms with Gasteiger partial charge in [0, 0.05) is 26.1 Å². The molecule has 1 aromatic carbocycles. The molecule has 3 N–H and O–H groups in total. The molecule has 2 rings (SSSR count). The van der Waals surface area contributed by atoms with Crippen LogP contribution in [0, 0.1) is 5.92 Å². The lowest BCUT2D eigenvalue weighted by molar-refractivity contribution is 0.0776. The van der Waals surface area contributed by atoms with E-state index >= 15 is 0 Å². The van der Waals surface area contributed by atoms with Crippen molar-refractivity contribution in [3.8, 4) is 0 Å². The van der Waals surface area contributed by atoms with Gasteiger partial charge in [0.05, 0.1) is 17.9 Å². The molecule has 0 bridgehead atoms. The van der Waals surface area contributed by atoms with Crippen molar-refractivity contribution in [1.29, 1.82) is 0 Å². The Morgan fingerprint density at radius 1 is 1.56 bits per heavy atom. The van der Waals surface area contributed by atoms with E-state index in [1.165, 1.54) is 0 Å². The summed E-state index contributed by atoms with van der Waals surface area (Å²) in [7, 11) is 1.69. The van der Waals surface area contributed by atoms with Gasteiger partial charge in [0.2, 0.25) is 0 Å². The number of amides is 1. The molecule has 1 saturated heterocycles. The van der Waals surface area contributed by atoms with Crippen LogP contribution in [0.25, 0.3) is 0 Å². The number of carbonyl (C=O) groups excluding carboxylic acids is 1. The number of nitrogen functional groups attached to an aromatic ring is 1. The van der Waals surface area contributed by atoms with E-state index in [-0.39, 0.29) is 5.91 Å². The number of hydrogen-bond acceptors (Lipinski definition) is 4. The van der Waals surface area contributed by atoms with Gasteiger partial charge in [0.25, 0.3) is 5.91 Å². The van der Waals surface area contributed by atoms with Gasteiger partial charge >= 0.3 is 0 Å². The molecule has 18 heavy (non-hydrogen) atoms. The van der Waals surface area contributed by atoms with E-state index in [0.717, 1.165) is 19.5 Å². The highest BCUT2D eigenvalue weighted by molar-refractivity contribution is 5.99. The fraction of sp³-hybridized carbons (Fsp3) is 0.462. The van der Waals surface area contributed by atoms with Gasteiger partial charge in [-0.05, 0) is 18.6 Å². The van der Waals surface area contributed by atoms with Crippen molar-refractivity contribution < 1.29 is 9.53 Å². The molecule has 5 nitrogen and oxygen atoms in total. The Labute approximate surface area is 107 Å². The zero-order valence-corrected chi connectivity index (χ0v) is 10.6. The Balaban J connectivity index is 2.08. The predicted molar refractivity (Wildman–Crippen MR) is 70.1 cm³/mol. The SMILES string of the molecule is COCC1CCN(C(=O)c2ccccc2NN)C1. The van der Waals surface area contributed by atoms with Gasteiger partial charge in [-0.25, -0.2) is 0 Å². The zero-order valence-electron chi connectivity index (χ0n) is 10.6. The first-order chi connectivity index (χ1) is 8.76. The maximum atomic E-state index is 12.4. The molecule has 1 fully saturated rings. The summed E-state index contributed by atoms with van der Waals surface area (Å²) in [6.45, 7) is 2.25. The van der Waals surface area contributed by atoms with Crippen LogP contribution in [0.1, 0.15) is 16.8 Å². The molecule has 5 heteroatoms. The highest BCUT2D eigenvalue weighted by atomic mass is 16.5. The van der Waals surface area contributed by atoms with Crippen molar-refractivity contribution >= 4 is 11.6 Å². The van der Waals surface area contributed by atoms with Gasteiger partial charge in [0.15, 0.2) is 0 Å². The number of rotatable bonds is 4. The number of hydrazine groups is 1. The Morgan fingerprint density at radius 2 is 2.33 bits per heavy atom. The number of ether oxygens (including phenoxy) is 1. The molecular formula is C13H19N3O2. The average molecular weight is 249 g/mol.